The first-order valence-electron chi connectivity index (χ1n) is 11.2. The summed E-state index contributed by atoms with van der Waals surface area (Å²) >= 11 is 12.4. The number of amides is 1. The van der Waals surface area contributed by atoms with Crippen LogP contribution in [0.4, 0.5) is 0 Å². The highest BCUT2D eigenvalue weighted by Gasteiger charge is 2.51. The summed E-state index contributed by atoms with van der Waals surface area (Å²) in [5, 5.41) is 12.7. The molecule has 0 spiro atoms. The van der Waals surface area contributed by atoms with Crippen LogP contribution in [-0.2, 0) is 0 Å². The number of aromatic carboxylic acids is 1. The van der Waals surface area contributed by atoms with Crippen LogP contribution in [0.5, 0.6) is 17.2 Å². The first-order valence-corrected chi connectivity index (χ1v) is 11.9. The van der Waals surface area contributed by atoms with Crippen LogP contribution < -0.4 is 14.8 Å². The van der Waals surface area contributed by atoms with Gasteiger partial charge in [-0.2, -0.15) is 0 Å². The molecule has 0 radical (unpaired) electrons. The predicted octanol–water partition coefficient (Wildman–Crippen LogP) is 6.19. The fourth-order valence-electron chi connectivity index (χ4n) is 6.40. The highest BCUT2D eigenvalue weighted by Crippen LogP contribution is 2.55. The third kappa shape index (κ3) is 4.26. The molecule has 4 aliphatic rings. The van der Waals surface area contributed by atoms with E-state index in [0.29, 0.717) is 34.8 Å². The summed E-state index contributed by atoms with van der Waals surface area (Å²) < 4.78 is 11.3. The van der Waals surface area contributed by atoms with Gasteiger partial charge in [0, 0.05) is 5.54 Å². The lowest BCUT2D eigenvalue weighted by Gasteiger charge is -2.56. The monoisotopic (exact) mass is 489 g/mol. The summed E-state index contributed by atoms with van der Waals surface area (Å²) in [6.45, 7) is 0. The largest absolute Gasteiger partial charge is 0.496 e. The Morgan fingerprint density at radius 2 is 1.58 bits per heavy atom. The second kappa shape index (κ2) is 8.41. The van der Waals surface area contributed by atoms with Gasteiger partial charge in [0.2, 0.25) is 0 Å². The van der Waals surface area contributed by atoms with E-state index in [9.17, 15) is 9.59 Å². The van der Waals surface area contributed by atoms with E-state index in [1.165, 1.54) is 38.5 Å². The Labute approximate surface area is 202 Å². The van der Waals surface area contributed by atoms with Crippen molar-refractivity contribution in [2.75, 3.05) is 7.11 Å². The number of carboxylic acids is 1. The predicted molar refractivity (Wildman–Crippen MR) is 125 cm³/mol. The second-order valence-electron chi connectivity index (χ2n) is 9.69. The summed E-state index contributed by atoms with van der Waals surface area (Å²) in [7, 11) is 1.52. The van der Waals surface area contributed by atoms with Crippen LogP contribution >= 0.6 is 23.2 Å². The molecular weight excluding hydrogens is 465 g/mol. The van der Waals surface area contributed by atoms with Gasteiger partial charge in [0.25, 0.3) is 5.91 Å². The molecule has 4 saturated carbocycles. The molecule has 4 bridgehead atoms. The average Bonchev–Trinajstić information content (AvgIpc) is 2.74. The summed E-state index contributed by atoms with van der Waals surface area (Å²) in [6, 6.07) is 7.46. The van der Waals surface area contributed by atoms with E-state index in [4.69, 9.17) is 37.8 Å². The molecular formula is C25H25Cl2NO5. The van der Waals surface area contributed by atoms with E-state index in [1.54, 1.807) is 18.2 Å². The molecule has 4 aliphatic carbocycles. The molecule has 2 aromatic rings. The third-order valence-corrected chi connectivity index (χ3v) is 7.86. The number of carboxylic acid groups (broad SMARTS) is 1. The van der Waals surface area contributed by atoms with Gasteiger partial charge < -0.3 is 19.9 Å². The van der Waals surface area contributed by atoms with Crippen LogP contribution in [-0.4, -0.2) is 29.6 Å². The maximum Gasteiger partial charge on any atom is 0.335 e. The number of ether oxygens (including phenoxy) is 2. The van der Waals surface area contributed by atoms with Gasteiger partial charge in [-0.3, -0.25) is 4.79 Å². The zero-order chi connectivity index (χ0) is 23.3. The Balaban J connectivity index is 1.40. The van der Waals surface area contributed by atoms with Crippen molar-refractivity contribution in [3.05, 3.63) is 51.5 Å². The SMILES string of the molecule is COc1ccc(Oc2c(Cl)cc(C(=O)O)cc2Cl)cc1C(=O)NC12CC3CC(CC(C3)C1)C2. The van der Waals surface area contributed by atoms with Crippen LogP contribution in [0.25, 0.3) is 0 Å². The van der Waals surface area contributed by atoms with Gasteiger partial charge in [-0.1, -0.05) is 23.2 Å². The normalized spacial score (nSPS) is 27.3. The molecule has 2 N–H and O–H groups in total. The first kappa shape index (κ1) is 22.4. The van der Waals surface area contributed by atoms with E-state index in [-0.39, 0.29) is 32.8 Å². The van der Waals surface area contributed by atoms with E-state index in [1.807, 2.05) is 0 Å². The fraction of sp³-hybridized carbons (Fsp3) is 0.440. The molecule has 4 fully saturated rings. The van der Waals surface area contributed by atoms with Gasteiger partial charge in [-0.15, -0.1) is 0 Å². The Bertz CT molecular complexity index is 1070. The molecule has 0 saturated heterocycles. The minimum absolute atomic E-state index is 0.0391. The number of carbonyl (C=O) groups excluding carboxylic acids is 1. The van der Waals surface area contributed by atoms with Gasteiger partial charge in [0.1, 0.15) is 11.5 Å². The summed E-state index contributed by atoms with van der Waals surface area (Å²) in [5.74, 6) is 1.74. The average molecular weight is 490 g/mol. The number of benzene rings is 2. The summed E-state index contributed by atoms with van der Waals surface area (Å²) in [6.07, 6.45) is 7.02. The lowest BCUT2D eigenvalue weighted by molar-refractivity contribution is -0.0167. The van der Waals surface area contributed by atoms with E-state index < -0.39 is 5.97 Å². The minimum atomic E-state index is -1.14. The van der Waals surface area contributed by atoms with Crippen LogP contribution in [0.3, 0.4) is 0 Å². The van der Waals surface area contributed by atoms with Crippen molar-refractivity contribution in [1.82, 2.24) is 5.32 Å². The number of hydrogen-bond donors (Lipinski definition) is 2. The zero-order valence-electron chi connectivity index (χ0n) is 18.2. The van der Waals surface area contributed by atoms with Gasteiger partial charge >= 0.3 is 5.97 Å². The Morgan fingerprint density at radius 3 is 2.09 bits per heavy atom. The lowest BCUT2D eigenvalue weighted by atomic mass is 9.53. The molecule has 1 amide bonds. The van der Waals surface area contributed by atoms with Crippen molar-refractivity contribution in [2.24, 2.45) is 17.8 Å². The van der Waals surface area contributed by atoms with Crippen molar-refractivity contribution < 1.29 is 24.2 Å². The van der Waals surface area contributed by atoms with E-state index in [2.05, 4.69) is 5.32 Å². The lowest BCUT2D eigenvalue weighted by Crippen LogP contribution is -2.59. The molecule has 174 valence electrons. The van der Waals surface area contributed by atoms with Gasteiger partial charge in [-0.25, -0.2) is 4.79 Å². The molecule has 0 atom stereocenters. The fourth-order valence-corrected chi connectivity index (χ4v) is 6.96. The highest BCUT2D eigenvalue weighted by atomic mass is 35.5. The van der Waals surface area contributed by atoms with Crippen LogP contribution in [0.2, 0.25) is 10.0 Å². The number of carbonyl (C=O) groups is 2. The molecule has 8 heteroatoms. The minimum Gasteiger partial charge on any atom is -0.496 e. The second-order valence-corrected chi connectivity index (χ2v) is 10.5. The Kier molecular flexibility index (Phi) is 5.69. The van der Waals surface area contributed by atoms with Crippen LogP contribution in [0, 0.1) is 17.8 Å². The van der Waals surface area contributed by atoms with Crippen molar-refractivity contribution in [1.29, 1.82) is 0 Å². The number of hydrogen-bond acceptors (Lipinski definition) is 4. The number of methoxy groups -OCH3 is 1. The van der Waals surface area contributed by atoms with Crippen molar-refractivity contribution in [2.45, 2.75) is 44.1 Å². The molecule has 0 aromatic heterocycles. The van der Waals surface area contributed by atoms with Crippen LogP contribution in [0.1, 0.15) is 59.2 Å². The standard InChI is InChI=1S/C25H25Cl2NO5/c1-32-21-3-2-17(33-22-19(26)7-16(24(30)31)8-20(22)27)9-18(21)23(29)28-25-10-13-4-14(11-25)6-15(5-13)12-25/h2-3,7-9,13-15H,4-6,10-12H2,1H3,(H,28,29)(H,30,31). The van der Waals surface area contributed by atoms with Gasteiger partial charge in [0.05, 0.1) is 28.3 Å². The number of rotatable bonds is 6. The van der Waals surface area contributed by atoms with E-state index >= 15 is 0 Å². The summed E-state index contributed by atoms with van der Waals surface area (Å²) in [5.41, 5.74) is 0.204. The maximum absolute atomic E-state index is 13.4. The number of halogens is 2. The number of nitrogens with one attached hydrogen (secondary N) is 1. The van der Waals surface area contributed by atoms with Gasteiger partial charge in [0.15, 0.2) is 5.75 Å². The summed E-state index contributed by atoms with van der Waals surface area (Å²) in [4.78, 5) is 24.6. The Hall–Kier alpha value is -2.44. The molecule has 2 aromatic carbocycles. The topological polar surface area (TPSA) is 84.9 Å². The molecule has 0 heterocycles. The highest BCUT2D eigenvalue weighted by molar-refractivity contribution is 6.37. The Morgan fingerprint density at radius 1 is 1.00 bits per heavy atom. The van der Waals surface area contributed by atoms with Crippen molar-refractivity contribution in [3.8, 4) is 17.2 Å². The molecule has 0 unspecified atom stereocenters. The third-order valence-electron chi connectivity index (χ3n) is 7.30. The van der Waals surface area contributed by atoms with Crippen LogP contribution in [0.15, 0.2) is 30.3 Å². The molecule has 6 rings (SSSR count). The van der Waals surface area contributed by atoms with Crippen molar-refractivity contribution >= 4 is 35.1 Å². The maximum atomic E-state index is 13.4. The van der Waals surface area contributed by atoms with Crippen molar-refractivity contribution in [3.63, 3.8) is 0 Å². The van der Waals surface area contributed by atoms with Gasteiger partial charge in [-0.05, 0) is 86.6 Å². The zero-order valence-corrected chi connectivity index (χ0v) is 19.7. The molecule has 33 heavy (non-hydrogen) atoms. The molecule has 6 nitrogen and oxygen atoms in total. The van der Waals surface area contributed by atoms with E-state index in [0.717, 1.165) is 19.3 Å². The molecule has 0 aliphatic heterocycles. The quantitative estimate of drug-likeness (QED) is 0.504. The smallest absolute Gasteiger partial charge is 0.335 e. The first-order chi connectivity index (χ1) is 15.7.